The second kappa shape index (κ2) is 4.05. The Hall–Kier alpha value is -0.930. The van der Waals surface area contributed by atoms with E-state index >= 15 is 0 Å². The third-order valence-corrected chi connectivity index (χ3v) is 1.47. The highest BCUT2D eigenvalue weighted by atomic mass is 32.2. The van der Waals surface area contributed by atoms with Crippen LogP contribution in [-0.2, 0) is 0 Å². The van der Waals surface area contributed by atoms with Crippen LogP contribution in [0.4, 0.5) is 0 Å². The van der Waals surface area contributed by atoms with E-state index in [2.05, 4.69) is 0 Å². The van der Waals surface area contributed by atoms with Gasteiger partial charge in [-0.3, -0.25) is 0 Å². The van der Waals surface area contributed by atoms with E-state index in [0.717, 1.165) is 5.56 Å². The molecule has 0 amide bonds. The van der Waals surface area contributed by atoms with Crippen molar-refractivity contribution in [2.24, 2.45) is 0 Å². The molecule has 0 bridgehead atoms. The van der Waals surface area contributed by atoms with Gasteiger partial charge in [0.1, 0.15) is 5.75 Å². The van der Waals surface area contributed by atoms with Gasteiger partial charge in [0, 0.05) is 12.0 Å². The summed E-state index contributed by atoms with van der Waals surface area (Å²) >= 11 is 0.658. The van der Waals surface area contributed by atoms with Crippen LogP contribution in [0.1, 0.15) is 5.56 Å². The third-order valence-electron chi connectivity index (χ3n) is 1.21. The molecule has 0 spiro atoms. The summed E-state index contributed by atoms with van der Waals surface area (Å²) in [7, 11) is 0. The van der Waals surface area contributed by atoms with Crippen LogP contribution >= 0.6 is 12.0 Å². The first-order valence-electron chi connectivity index (χ1n) is 3.09. The van der Waals surface area contributed by atoms with Gasteiger partial charge in [0.25, 0.3) is 0 Å². The average molecular weight is 168 g/mol. The Labute approximate surface area is 69.4 Å². The summed E-state index contributed by atoms with van der Waals surface area (Å²) in [6, 6.07) is 6.73. The minimum absolute atomic E-state index is 0.249. The molecule has 2 N–H and O–H groups in total. The fraction of sp³-hybridized carbons (Fsp3) is 0. The lowest BCUT2D eigenvalue weighted by Gasteiger charge is -1.92. The van der Waals surface area contributed by atoms with Gasteiger partial charge in [0.05, 0.1) is 0 Å². The van der Waals surface area contributed by atoms with Crippen molar-refractivity contribution >= 4 is 18.1 Å². The zero-order valence-electron chi connectivity index (χ0n) is 5.77. The van der Waals surface area contributed by atoms with E-state index in [1.54, 1.807) is 35.7 Å². The van der Waals surface area contributed by atoms with Crippen LogP contribution in [0.15, 0.2) is 29.7 Å². The van der Waals surface area contributed by atoms with E-state index in [-0.39, 0.29) is 5.75 Å². The summed E-state index contributed by atoms with van der Waals surface area (Å²) in [4.78, 5) is 0. The highest BCUT2D eigenvalue weighted by Crippen LogP contribution is 2.11. The Morgan fingerprint density at radius 2 is 1.82 bits per heavy atom. The molecule has 1 aromatic carbocycles. The lowest BCUT2D eigenvalue weighted by molar-refractivity contribution is 0.475. The van der Waals surface area contributed by atoms with Gasteiger partial charge in [-0.2, -0.15) is 0 Å². The molecule has 11 heavy (non-hydrogen) atoms. The zero-order chi connectivity index (χ0) is 8.10. The molecule has 0 atom stereocenters. The van der Waals surface area contributed by atoms with Gasteiger partial charge >= 0.3 is 0 Å². The highest BCUT2D eigenvalue weighted by Gasteiger charge is 1.86. The van der Waals surface area contributed by atoms with Crippen LogP contribution < -0.4 is 0 Å². The predicted octanol–water partition coefficient (Wildman–Crippen LogP) is 2.57. The molecule has 0 saturated carbocycles. The van der Waals surface area contributed by atoms with Crippen molar-refractivity contribution in [2.75, 3.05) is 0 Å². The van der Waals surface area contributed by atoms with Crippen LogP contribution in [0.5, 0.6) is 5.75 Å². The Morgan fingerprint density at radius 1 is 1.18 bits per heavy atom. The number of rotatable bonds is 2. The molecule has 2 nitrogen and oxygen atoms in total. The highest BCUT2D eigenvalue weighted by molar-refractivity contribution is 7.96. The molecule has 0 radical (unpaired) electrons. The number of benzene rings is 1. The van der Waals surface area contributed by atoms with Gasteiger partial charge < -0.3 is 9.66 Å². The Balaban J connectivity index is 2.73. The molecule has 0 unspecified atom stereocenters. The first-order chi connectivity index (χ1) is 5.33. The van der Waals surface area contributed by atoms with Gasteiger partial charge in [-0.05, 0) is 29.2 Å². The van der Waals surface area contributed by atoms with Crippen LogP contribution in [0, 0.1) is 0 Å². The van der Waals surface area contributed by atoms with Gasteiger partial charge in [-0.25, -0.2) is 0 Å². The van der Waals surface area contributed by atoms with E-state index in [1.807, 2.05) is 0 Å². The van der Waals surface area contributed by atoms with Crippen LogP contribution in [0.2, 0.25) is 0 Å². The Bertz CT molecular complexity index is 241. The SMILES string of the molecule is OS/C=C/c1ccc(O)cc1. The summed E-state index contributed by atoms with van der Waals surface area (Å²) in [5.41, 5.74) is 0.948. The van der Waals surface area contributed by atoms with Crippen molar-refractivity contribution in [3.05, 3.63) is 35.2 Å². The standard InChI is InChI=1S/C8H8O2S/c9-8-3-1-7(2-4-8)5-6-11-10/h1-6,9-10H/b6-5+. The smallest absolute Gasteiger partial charge is 0.115 e. The molecule has 1 aromatic rings. The topological polar surface area (TPSA) is 40.5 Å². The van der Waals surface area contributed by atoms with Crippen molar-refractivity contribution in [3.8, 4) is 5.75 Å². The van der Waals surface area contributed by atoms with Gasteiger partial charge in [-0.15, -0.1) is 0 Å². The number of aromatic hydroxyl groups is 1. The minimum atomic E-state index is 0.249. The fourth-order valence-electron chi connectivity index (χ4n) is 0.694. The molecule has 58 valence electrons. The molecule has 0 aliphatic heterocycles. The summed E-state index contributed by atoms with van der Waals surface area (Å²) < 4.78 is 8.36. The second-order valence-electron chi connectivity index (χ2n) is 2.00. The monoisotopic (exact) mass is 168 g/mol. The summed E-state index contributed by atoms with van der Waals surface area (Å²) in [5, 5.41) is 10.5. The first kappa shape index (κ1) is 8.17. The summed E-state index contributed by atoms with van der Waals surface area (Å²) in [6.07, 6.45) is 1.75. The van der Waals surface area contributed by atoms with E-state index in [1.165, 1.54) is 0 Å². The molecule has 0 heterocycles. The van der Waals surface area contributed by atoms with E-state index in [9.17, 15) is 0 Å². The molecule has 0 aliphatic carbocycles. The maximum atomic E-state index is 8.90. The van der Waals surface area contributed by atoms with Crippen LogP contribution in [0.3, 0.4) is 0 Å². The summed E-state index contributed by atoms with van der Waals surface area (Å²) in [6.45, 7) is 0. The van der Waals surface area contributed by atoms with Crippen molar-refractivity contribution in [1.29, 1.82) is 0 Å². The number of hydrogen-bond acceptors (Lipinski definition) is 3. The fourth-order valence-corrected chi connectivity index (χ4v) is 0.912. The predicted molar refractivity (Wildman–Crippen MR) is 47.4 cm³/mol. The number of phenolic OH excluding ortho intramolecular Hbond substituents is 1. The molecule has 1 rings (SSSR count). The Morgan fingerprint density at radius 3 is 2.36 bits per heavy atom. The van der Waals surface area contributed by atoms with Crippen LogP contribution in [0.25, 0.3) is 6.08 Å². The average Bonchev–Trinajstić information content (AvgIpc) is 2.04. The maximum absolute atomic E-state index is 8.90. The molecule has 0 fully saturated rings. The quantitative estimate of drug-likeness (QED) is 0.667. The van der Waals surface area contributed by atoms with Gasteiger partial charge in [0.2, 0.25) is 0 Å². The number of hydrogen-bond donors (Lipinski definition) is 2. The minimum Gasteiger partial charge on any atom is -0.508 e. The van der Waals surface area contributed by atoms with Crippen molar-refractivity contribution in [3.63, 3.8) is 0 Å². The largest absolute Gasteiger partial charge is 0.508 e. The van der Waals surface area contributed by atoms with Crippen molar-refractivity contribution in [1.82, 2.24) is 0 Å². The third kappa shape index (κ3) is 2.65. The lowest BCUT2D eigenvalue weighted by atomic mass is 10.2. The van der Waals surface area contributed by atoms with Crippen molar-refractivity contribution < 1.29 is 9.66 Å². The molecule has 0 aromatic heterocycles. The maximum Gasteiger partial charge on any atom is 0.115 e. The normalized spacial score (nSPS) is 10.6. The lowest BCUT2D eigenvalue weighted by Crippen LogP contribution is -1.68. The first-order valence-corrected chi connectivity index (χ1v) is 3.92. The Kier molecular flexibility index (Phi) is 3.01. The molecule has 3 heteroatoms. The van der Waals surface area contributed by atoms with Crippen molar-refractivity contribution in [2.45, 2.75) is 0 Å². The van der Waals surface area contributed by atoms with E-state index in [4.69, 9.17) is 9.66 Å². The molecular formula is C8H8O2S. The molecule has 0 saturated heterocycles. The molecular weight excluding hydrogens is 160 g/mol. The molecule has 0 aliphatic rings. The zero-order valence-corrected chi connectivity index (χ0v) is 6.58. The van der Waals surface area contributed by atoms with Gasteiger partial charge in [0.15, 0.2) is 0 Å². The van der Waals surface area contributed by atoms with Crippen LogP contribution in [-0.4, -0.2) is 9.66 Å². The van der Waals surface area contributed by atoms with E-state index in [0.29, 0.717) is 12.0 Å². The second-order valence-corrected chi connectivity index (χ2v) is 2.48. The summed E-state index contributed by atoms with van der Waals surface area (Å²) in [5.74, 6) is 0.249. The number of phenols is 1. The van der Waals surface area contributed by atoms with E-state index < -0.39 is 0 Å². The van der Waals surface area contributed by atoms with Gasteiger partial charge in [-0.1, -0.05) is 12.1 Å².